The van der Waals surface area contributed by atoms with Crippen molar-refractivity contribution in [2.24, 2.45) is 0 Å². The number of hydrogen-bond acceptors (Lipinski definition) is 10. The molecule has 0 aliphatic heterocycles. The third kappa shape index (κ3) is 10.9. The summed E-state index contributed by atoms with van der Waals surface area (Å²) in [4.78, 5) is 52.4. The average Bonchev–Trinajstić information content (AvgIpc) is 0.732. The van der Waals surface area contributed by atoms with Gasteiger partial charge in [-0.15, -0.1) is 0 Å². The van der Waals surface area contributed by atoms with Crippen molar-refractivity contribution in [1.29, 1.82) is 0 Å². The molecule has 518 valence electrons. The van der Waals surface area contributed by atoms with Gasteiger partial charge in [-0.25, -0.2) is 39.9 Å². The average molecular weight is 1430 g/mol. The minimum absolute atomic E-state index is 0.540. The summed E-state index contributed by atoms with van der Waals surface area (Å²) < 4.78 is 0. The predicted molar refractivity (Wildman–Crippen MR) is 459 cm³/mol. The van der Waals surface area contributed by atoms with Gasteiger partial charge in [-0.1, -0.05) is 267 Å². The second-order valence-electron chi connectivity index (χ2n) is 28.6. The highest BCUT2D eigenvalue weighted by Gasteiger charge is 2.24. The fourth-order valence-corrected chi connectivity index (χ4v) is 16.8. The molecule has 0 amide bonds. The van der Waals surface area contributed by atoms with E-state index < -0.39 is 0 Å². The van der Waals surface area contributed by atoms with E-state index in [4.69, 9.17) is 49.8 Å². The fourth-order valence-electron chi connectivity index (χ4n) is 16.8. The number of hydrogen-bond donors (Lipinski definition) is 0. The minimum atomic E-state index is 0.540. The quantitative estimate of drug-likeness (QED) is 0.115. The van der Waals surface area contributed by atoms with E-state index in [0.29, 0.717) is 34.9 Å². The van der Waals surface area contributed by atoms with Crippen molar-refractivity contribution >= 4 is 108 Å². The number of rotatable bonds is 11. The lowest BCUT2D eigenvalue weighted by Gasteiger charge is -2.17. The zero-order valence-electron chi connectivity index (χ0n) is 60.1. The molecular weight excluding hydrogens is 1370 g/mol. The standard InChI is InChI=1S/C102H60N10/c1-5-22-61(23-6-1)97-107-98(62-24-7-2-8-25-62)110-101(109-97)72-51-68(66-41-44-80-77-32-14-13-30-75(77)76-31-15-16-34-79(76)88(80)57-66)50-70(54-72)96-91-60-104-49-47-83(91)85-45-42-67(58-93(85)106-96)65-40-43-81-78-33-17-18-36-86(78)94-74(37-21-38-87(94)89(81)56-65)69-52-71(95-90-59-103-48-46-82(90)84-35-19-20-39-92(84)105-95)55-73(53-69)102-111-99(63-26-9-3-10-27-63)108-100(112-102)64-28-11-4-12-29-64/h1-60H. The Kier molecular flexibility index (Phi) is 15.0. The summed E-state index contributed by atoms with van der Waals surface area (Å²) >= 11 is 0. The first-order chi connectivity index (χ1) is 55.5. The van der Waals surface area contributed by atoms with Crippen LogP contribution in [0, 0.1) is 0 Å². The predicted octanol–water partition coefficient (Wildman–Crippen LogP) is 25.5. The molecule has 10 nitrogen and oxygen atoms in total. The van der Waals surface area contributed by atoms with Gasteiger partial charge in [-0.3, -0.25) is 9.97 Å². The van der Waals surface area contributed by atoms with Crippen LogP contribution in [-0.2, 0) is 0 Å². The van der Waals surface area contributed by atoms with E-state index in [1.807, 2.05) is 152 Å². The molecule has 0 radical (unpaired) electrons. The summed E-state index contributed by atoms with van der Waals surface area (Å²) in [5.41, 5.74) is 16.5. The van der Waals surface area contributed by atoms with Crippen molar-refractivity contribution in [2.75, 3.05) is 0 Å². The summed E-state index contributed by atoms with van der Waals surface area (Å²) in [6.07, 6.45) is 7.63. The zero-order valence-corrected chi connectivity index (χ0v) is 60.1. The van der Waals surface area contributed by atoms with Gasteiger partial charge in [0.2, 0.25) is 0 Å². The van der Waals surface area contributed by atoms with E-state index in [-0.39, 0.29) is 0 Å². The maximum Gasteiger partial charge on any atom is 0.164 e. The normalized spacial score (nSPS) is 11.8. The second-order valence-corrected chi connectivity index (χ2v) is 28.6. The molecule has 112 heavy (non-hydrogen) atoms. The fraction of sp³-hybridized carbons (Fsp3) is 0. The Labute approximate surface area is 642 Å². The molecule has 0 bridgehead atoms. The maximum atomic E-state index is 5.80. The summed E-state index contributed by atoms with van der Waals surface area (Å²) in [6, 6.07) is 120. The summed E-state index contributed by atoms with van der Waals surface area (Å²) in [6.45, 7) is 0. The van der Waals surface area contributed by atoms with Crippen molar-refractivity contribution in [2.45, 2.75) is 0 Å². The SMILES string of the molecule is c1ccc(-c2nc(-c3ccccc3)nc(-c3cc(-c4ccc5c6ccccc6c6ccccc6c5c4)cc(-c4nc5cc(-c6ccc7c8ccccc8c8c(-c9cc(-c%10nc(-c%11ccccc%11)nc(-c%11ccccc%11)n%10)cc(-c%10nc%11ccccc%11c%11ccncc%10%11)c9)cccc8c7c6)ccc5c5ccncc45)c3)n2)cc1. The molecule has 6 heterocycles. The number of nitrogens with zero attached hydrogens (tertiary/aromatic N) is 10. The van der Waals surface area contributed by atoms with Gasteiger partial charge in [0.05, 0.1) is 22.4 Å². The monoisotopic (exact) mass is 1420 g/mol. The van der Waals surface area contributed by atoms with Gasteiger partial charge in [-0.2, -0.15) is 0 Å². The highest BCUT2D eigenvalue weighted by atomic mass is 15.0. The Morgan fingerprint density at radius 2 is 0.464 bits per heavy atom. The Hall–Kier alpha value is -15.3. The second kappa shape index (κ2) is 26.3. The van der Waals surface area contributed by atoms with Crippen molar-refractivity contribution in [3.05, 3.63) is 365 Å². The van der Waals surface area contributed by atoms with Crippen LogP contribution in [0.4, 0.5) is 0 Å². The molecule has 0 N–H and O–H groups in total. The van der Waals surface area contributed by atoms with Gasteiger partial charge in [0.1, 0.15) is 0 Å². The largest absolute Gasteiger partial charge is 0.264 e. The van der Waals surface area contributed by atoms with E-state index in [1.165, 1.54) is 32.3 Å². The lowest BCUT2D eigenvalue weighted by Crippen LogP contribution is -2.01. The van der Waals surface area contributed by atoms with Gasteiger partial charge in [-0.05, 0) is 182 Å². The van der Waals surface area contributed by atoms with Gasteiger partial charge < -0.3 is 0 Å². The molecule has 0 aliphatic carbocycles. The molecule has 0 saturated heterocycles. The highest BCUT2D eigenvalue weighted by Crippen LogP contribution is 2.47. The first-order valence-electron chi connectivity index (χ1n) is 37.6. The Balaban J connectivity index is 0.733. The summed E-state index contributed by atoms with van der Waals surface area (Å²) in [5.74, 6) is 3.40. The molecule has 0 aliphatic rings. The van der Waals surface area contributed by atoms with E-state index in [9.17, 15) is 0 Å². The minimum Gasteiger partial charge on any atom is -0.264 e. The van der Waals surface area contributed by atoms with E-state index in [2.05, 4.69) is 212 Å². The molecule has 0 fully saturated rings. The van der Waals surface area contributed by atoms with Gasteiger partial charge in [0.25, 0.3) is 0 Å². The molecule has 10 heteroatoms. The maximum absolute atomic E-state index is 5.80. The van der Waals surface area contributed by atoms with Crippen LogP contribution in [-0.4, -0.2) is 49.8 Å². The topological polar surface area (TPSA) is 129 Å². The smallest absolute Gasteiger partial charge is 0.164 e. The molecule has 0 unspecified atom stereocenters. The number of fused-ring (bicyclic) bond motifs is 18. The number of benzene rings is 16. The van der Waals surface area contributed by atoms with Crippen LogP contribution in [0.15, 0.2) is 365 Å². The number of pyridine rings is 4. The first kappa shape index (κ1) is 64.0. The van der Waals surface area contributed by atoms with Crippen LogP contribution < -0.4 is 0 Å². The molecular formula is C102H60N10. The van der Waals surface area contributed by atoms with Crippen LogP contribution in [0.1, 0.15) is 0 Å². The zero-order chi connectivity index (χ0) is 73.7. The van der Waals surface area contributed by atoms with Crippen LogP contribution in [0.25, 0.3) is 232 Å². The number of para-hydroxylation sites is 1. The number of aromatic nitrogens is 10. The Bertz CT molecular complexity index is 7480. The van der Waals surface area contributed by atoms with E-state index in [1.54, 1.807) is 0 Å². The van der Waals surface area contributed by atoms with Gasteiger partial charge in [0, 0.05) is 90.8 Å². The summed E-state index contributed by atoms with van der Waals surface area (Å²) in [7, 11) is 0. The van der Waals surface area contributed by atoms with Crippen LogP contribution in [0.2, 0.25) is 0 Å². The van der Waals surface area contributed by atoms with Crippen molar-refractivity contribution < 1.29 is 0 Å². The molecule has 22 aromatic rings. The van der Waals surface area contributed by atoms with Crippen molar-refractivity contribution in [3.8, 4) is 124 Å². The van der Waals surface area contributed by atoms with Gasteiger partial charge in [0.15, 0.2) is 34.9 Å². The van der Waals surface area contributed by atoms with Gasteiger partial charge >= 0.3 is 0 Å². The van der Waals surface area contributed by atoms with Crippen molar-refractivity contribution in [3.63, 3.8) is 0 Å². The Morgan fingerprint density at radius 3 is 0.964 bits per heavy atom. The first-order valence-corrected chi connectivity index (χ1v) is 37.6. The van der Waals surface area contributed by atoms with Crippen LogP contribution in [0.3, 0.4) is 0 Å². The van der Waals surface area contributed by atoms with Crippen molar-refractivity contribution in [1.82, 2.24) is 49.8 Å². The Morgan fingerprint density at radius 1 is 0.152 bits per heavy atom. The molecule has 0 saturated carbocycles. The lowest BCUT2D eigenvalue weighted by atomic mass is 9.87. The van der Waals surface area contributed by atoms with E-state index in [0.717, 1.165) is 165 Å². The van der Waals surface area contributed by atoms with E-state index >= 15 is 0 Å². The van der Waals surface area contributed by atoms with Crippen LogP contribution >= 0.6 is 0 Å². The lowest BCUT2D eigenvalue weighted by molar-refractivity contribution is 1.07. The molecule has 0 atom stereocenters. The molecule has 0 spiro atoms. The highest BCUT2D eigenvalue weighted by molar-refractivity contribution is 6.30. The third-order valence-electron chi connectivity index (χ3n) is 22.0. The molecule has 22 rings (SSSR count). The summed E-state index contributed by atoms with van der Waals surface area (Å²) in [5, 5.41) is 20.1. The third-order valence-corrected chi connectivity index (χ3v) is 22.0. The molecule has 6 aromatic heterocycles. The molecule has 16 aromatic carbocycles. The van der Waals surface area contributed by atoms with Crippen LogP contribution in [0.5, 0.6) is 0 Å².